The van der Waals surface area contributed by atoms with Gasteiger partial charge in [0, 0.05) is 6.42 Å². The molecule has 29 heavy (non-hydrogen) atoms. The molecule has 8 nitrogen and oxygen atoms in total. The van der Waals surface area contributed by atoms with Crippen LogP contribution in [0.5, 0.6) is 5.75 Å². The van der Waals surface area contributed by atoms with E-state index in [4.69, 9.17) is 18.6 Å². The summed E-state index contributed by atoms with van der Waals surface area (Å²) >= 11 is 0. The summed E-state index contributed by atoms with van der Waals surface area (Å²) in [5.74, 6) is 0.963. The van der Waals surface area contributed by atoms with Gasteiger partial charge in [-0.15, -0.1) is 0 Å². The van der Waals surface area contributed by atoms with E-state index in [2.05, 4.69) is 10.3 Å². The zero-order chi connectivity index (χ0) is 21.4. The first-order chi connectivity index (χ1) is 13.7. The van der Waals surface area contributed by atoms with E-state index in [0.29, 0.717) is 12.2 Å². The van der Waals surface area contributed by atoms with Crippen LogP contribution in [0, 0.1) is 0 Å². The fourth-order valence-corrected chi connectivity index (χ4v) is 2.57. The summed E-state index contributed by atoms with van der Waals surface area (Å²) in [6, 6.07) is 6.96. The Morgan fingerprint density at radius 1 is 1.21 bits per heavy atom. The van der Waals surface area contributed by atoms with Crippen molar-refractivity contribution in [3.63, 3.8) is 0 Å². The summed E-state index contributed by atoms with van der Waals surface area (Å²) in [7, 11) is 1.60. The van der Waals surface area contributed by atoms with Crippen LogP contribution in [0.1, 0.15) is 51.0 Å². The zero-order valence-corrected chi connectivity index (χ0v) is 17.5. The first kappa shape index (κ1) is 22.3. The number of ether oxygens (including phenoxy) is 3. The van der Waals surface area contributed by atoms with Gasteiger partial charge in [0.1, 0.15) is 23.5 Å². The van der Waals surface area contributed by atoms with Gasteiger partial charge < -0.3 is 23.9 Å². The van der Waals surface area contributed by atoms with Gasteiger partial charge in [0.15, 0.2) is 0 Å². The third-order valence-corrected chi connectivity index (χ3v) is 3.81. The number of carbonyl (C=O) groups excluding carboxylic acids is 2. The van der Waals surface area contributed by atoms with Crippen molar-refractivity contribution in [1.82, 2.24) is 10.3 Å². The fourth-order valence-electron chi connectivity index (χ4n) is 2.57. The molecule has 0 aliphatic carbocycles. The molecule has 1 aromatic heterocycles. The molecular formula is C21H28N2O6. The second-order valence-electron chi connectivity index (χ2n) is 7.39. The molecule has 0 saturated heterocycles. The molecule has 0 unspecified atom stereocenters. The first-order valence-corrected chi connectivity index (χ1v) is 9.43. The molecule has 1 N–H and O–H groups in total. The molecule has 2 aromatic rings. The van der Waals surface area contributed by atoms with Crippen molar-refractivity contribution in [1.29, 1.82) is 0 Å². The van der Waals surface area contributed by atoms with Crippen LogP contribution in [-0.4, -0.2) is 36.4 Å². The minimum absolute atomic E-state index is 0.0739. The average Bonchev–Trinajstić information content (AvgIpc) is 3.08. The van der Waals surface area contributed by atoms with Crippen LogP contribution in [0.15, 0.2) is 34.9 Å². The molecule has 8 heteroatoms. The van der Waals surface area contributed by atoms with Crippen molar-refractivity contribution in [2.45, 2.75) is 52.2 Å². The summed E-state index contributed by atoms with van der Waals surface area (Å²) in [5.41, 5.74) is 0.320. The smallest absolute Gasteiger partial charge is 0.408 e. The van der Waals surface area contributed by atoms with Crippen molar-refractivity contribution in [3.05, 3.63) is 47.7 Å². The molecule has 1 amide bonds. The number of methoxy groups -OCH3 is 1. The van der Waals surface area contributed by atoms with Gasteiger partial charge >= 0.3 is 12.1 Å². The number of nitrogens with one attached hydrogen (secondary N) is 1. The van der Waals surface area contributed by atoms with Crippen LogP contribution in [0.4, 0.5) is 4.79 Å². The number of esters is 1. The van der Waals surface area contributed by atoms with E-state index in [1.54, 1.807) is 34.8 Å². The number of alkyl carbamates (subject to hydrolysis) is 1. The lowest BCUT2D eigenvalue weighted by Crippen LogP contribution is -2.35. The van der Waals surface area contributed by atoms with E-state index < -0.39 is 23.7 Å². The van der Waals surface area contributed by atoms with Gasteiger partial charge in [-0.25, -0.2) is 9.78 Å². The Morgan fingerprint density at radius 2 is 1.90 bits per heavy atom. The van der Waals surface area contributed by atoms with E-state index in [-0.39, 0.29) is 18.9 Å². The molecule has 1 atom stereocenters. The maximum absolute atomic E-state index is 12.3. The molecule has 1 aromatic carbocycles. The Balaban J connectivity index is 2.18. The number of amides is 1. The Labute approximate surface area is 170 Å². The second kappa shape index (κ2) is 9.95. The SMILES string of the molecule is CCOC(=O)Cc1ncc([C@H](Cc2ccc(OC)cc2)NC(=O)OC(C)(C)C)o1. The number of nitrogens with zero attached hydrogens (tertiary/aromatic N) is 1. The highest BCUT2D eigenvalue weighted by molar-refractivity contribution is 5.71. The number of carbonyl (C=O) groups is 2. The Bertz CT molecular complexity index is 807. The Hall–Kier alpha value is -3.03. The van der Waals surface area contributed by atoms with E-state index in [1.807, 2.05) is 24.3 Å². The van der Waals surface area contributed by atoms with Gasteiger partial charge in [0.2, 0.25) is 5.89 Å². The topological polar surface area (TPSA) is 99.9 Å². The lowest BCUT2D eigenvalue weighted by Gasteiger charge is -2.22. The molecule has 1 heterocycles. The molecule has 0 bridgehead atoms. The highest BCUT2D eigenvalue weighted by Gasteiger charge is 2.24. The maximum Gasteiger partial charge on any atom is 0.408 e. The normalized spacial score (nSPS) is 12.2. The van der Waals surface area contributed by atoms with Gasteiger partial charge in [-0.2, -0.15) is 0 Å². The standard InChI is InChI=1S/C21H28N2O6/c1-6-27-19(24)12-18-22-13-17(28-18)16(23-20(25)29-21(2,3)4)11-14-7-9-15(26-5)10-8-14/h7-10,13,16H,6,11-12H2,1-5H3,(H,23,25)/t16-/m0/s1. The Morgan fingerprint density at radius 3 is 2.48 bits per heavy atom. The summed E-state index contributed by atoms with van der Waals surface area (Å²) in [4.78, 5) is 28.1. The summed E-state index contributed by atoms with van der Waals surface area (Å²) < 4.78 is 21.2. The second-order valence-corrected chi connectivity index (χ2v) is 7.39. The van der Waals surface area contributed by atoms with Crippen molar-refractivity contribution in [2.75, 3.05) is 13.7 Å². The molecule has 0 saturated carbocycles. The number of oxazole rings is 1. The minimum Gasteiger partial charge on any atom is -0.497 e. The molecule has 2 rings (SSSR count). The van der Waals surface area contributed by atoms with Gasteiger partial charge in [-0.3, -0.25) is 4.79 Å². The lowest BCUT2D eigenvalue weighted by atomic mass is 10.0. The number of hydrogen-bond acceptors (Lipinski definition) is 7. The molecular weight excluding hydrogens is 376 g/mol. The molecule has 0 radical (unpaired) electrons. The minimum atomic E-state index is -0.634. The van der Waals surface area contributed by atoms with Crippen LogP contribution in [0.2, 0.25) is 0 Å². The molecule has 0 aliphatic heterocycles. The van der Waals surface area contributed by atoms with Gasteiger partial charge in [0.25, 0.3) is 0 Å². The van der Waals surface area contributed by atoms with Gasteiger partial charge in [0.05, 0.1) is 26.0 Å². The van der Waals surface area contributed by atoms with Crippen molar-refractivity contribution in [2.24, 2.45) is 0 Å². The maximum atomic E-state index is 12.3. The predicted octanol–water partition coefficient (Wildman–Crippen LogP) is 3.60. The van der Waals surface area contributed by atoms with E-state index in [1.165, 1.54) is 6.20 Å². The Kier molecular flexibility index (Phi) is 7.64. The fraction of sp³-hybridized carbons (Fsp3) is 0.476. The molecule has 0 spiro atoms. The number of rotatable bonds is 8. The molecule has 158 valence electrons. The highest BCUT2D eigenvalue weighted by atomic mass is 16.6. The number of benzene rings is 1. The number of aromatic nitrogens is 1. The first-order valence-electron chi connectivity index (χ1n) is 9.43. The molecule has 0 aliphatic rings. The van der Waals surface area contributed by atoms with Crippen LogP contribution in [0.3, 0.4) is 0 Å². The van der Waals surface area contributed by atoms with E-state index >= 15 is 0 Å². The summed E-state index contributed by atoms with van der Waals surface area (Å²) in [5, 5.41) is 2.82. The highest BCUT2D eigenvalue weighted by Crippen LogP contribution is 2.22. The number of hydrogen-bond donors (Lipinski definition) is 1. The van der Waals surface area contributed by atoms with Crippen LogP contribution < -0.4 is 10.1 Å². The van der Waals surface area contributed by atoms with Crippen molar-refractivity contribution >= 4 is 12.1 Å². The van der Waals surface area contributed by atoms with Gasteiger partial charge in [-0.1, -0.05) is 12.1 Å². The van der Waals surface area contributed by atoms with Crippen LogP contribution in [0.25, 0.3) is 0 Å². The molecule has 0 fully saturated rings. The van der Waals surface area contributed by atoms with E-state index in [9.17, 15) is 9.59 Å². The largest absolute Gasteiger partial charge is 0.497 e. The monoisotopic (exact) mass is 404 g/mol. The quantitative estimate of drug-likeness (QED) is 0.671. The predicted molar refractivity (Wildman–Crippen MR) is 106 cm³/mol. The van der Waals surface area contributed by atoms with Crippen LogP contribution >= 0.6 is 0 Å². The summed E-state index contributed by atoms with van der Waals surface area (Å²) in [6.45, 7) is 7.38. The van der Waals surface area contributed by atoms with Crippen molar-refractivity contribution in [3.8, 4) is 5.75 Å². The third-order valence-electron chi connectivity index (χ3n) is 3.81. The lowest BCUT2D eigenvalue weighted by molar-refractivity contribution is -0.142. The van der Waals surface area contributed by atoms with Crippen LogP contribution in [-0.2, 0) is 27.1 Å². The van der Waals surface area contributed by atoms with Gasteiger partial charge in [-0.05, 0) is 45.4 Å². The van der Waals surface area contributed by atoms with E-state index in [0.717, 1.165) is 11.3 Å². The zero-order valence-electron chi connectivity index (χ0n) is 17.5. The van der Waals surface area contributed by atoms with Crippen molar-refractivity contribution < 1.29 is 28.2 Å². The third kappa shape index (κ3) is 7.48. The summed E-state index contributed by atoms with van der Waals surface area (Å²) in [6.07, 6.45) is 1.30. The average molecular weight is 404 g/mol.